The average Bonchev–Trinajstić information content (AvgIpc) is 3.24. The molecule has 3 rings (SSSR count). The van der Waals surface area contributed by atoms with Crippen LogP contribution in [0.3, 0.4) is 0 Å². The van der Waals surface area contributed by atoms with Crippen LogP contribution in [0.5, 0.6) is 0 Å². The van der Waals surface area contributed by atoms with Crippen molar-refractivity contribution in [3.8, 4) is 0 Å². The van der Waals surface area contributed by atoms with E-state index < -0.39 is 0 Å². The van der Waals surface area contributed by atoms with E-state index in [9.17, 15) is 0 Å². The molecule has 0 N–H and O–H groups in total. The van der Waals surface area contributed by atoms with Gasteiger partial charge in [0, 0.05) is 6.42 Å². The van der Waals surface area contributed by atoms with Crippen molar-refractivity contribution >= 4 is 48.7 Å². The molecule has 34 heavy (non-hydrogen) atoms. The van der Waals surface area contributed by atoms with Crippen LogP contribution in [-0.2, 0) is 24.0 Å². The molecule has 0 unspecified atom stereocenters. The molecular weight excluding hydrogens is 505 g/mol. The van der Waals surface area contributed by atoms with Gasteiger partial charge in [0.2, 0.25) is 0 Å². The molecule has 1 aliphatic heterocycles. The van der Waals surface area contributed by atoms with Gasteiger partial charge in [0.15, 0.2) is 0 Å². The topological polar surface area (TPSA) is 37.1 Å². The van der Waals surface area contributed by atoms with Gasteiger partial charge in [-0.1, -0.05) is 84.0 Å². The Labute approximate surface area is 220 Å². The van der Waals surface area contributed by atoms with Crippen molar-refractivity contribution in [2.75, 3.05) is 0 Å². The van der Waals surface area contributed by atoms with E-state index in [-0.39, 0.29) is 24.0 Å². The van der Waals surface area contributed by atoms with Gasteiger partial charge >= 0.3 is 33.3 Å². The van der Waals surface area contributed by atoms with Gasteiger partial charge in [-0.15, -0.1) is 0 Å². The molecule has 1 aliphatic rings. The summed E-state index contributed by atoms with van der Waals surface area (Å²) in [7, 11) is 9.53. The van der Waals surface area contributed by atoms with Gasteiger partial charge in [0.25, 0.3) is 0 Å². The second-order valence-electron chi connectivity index (χ2n) is 10.3. The summed E-state index contributed by atoms with van der Waals surface area (Å²) in [6.07, 6.45) is 2.94. The van der Waals surface area contributed by atoms with Gasteiger partial charge < -0.3 is 0 Å². The van der Waals surface area contributed by atoms with E-state index in [1.165, 1.54) is 11.1 Å². The van der Waals surface area contributed by atoms with Crippen LogP contribution in [0, 0.1) is 0 Å². The summed E-state index contributed by atoms with van der Waals surface area (Å²) >= 11 is 0.194. The molecular formula is C28H35Cl2FeN3. The molecule has 0 aromatic heterocycles. The number of hydrogen-bond acceptors (Lipinski definition) is 3. The van der Waals surface area contributed by atoms with E-state index in [0.717, 1.165) is 40.6 Å². The molecule has 0 radical (unpaired) electrons. The third-order valence-corrected chi connectivity index (χ3v) is 5.53. The van der Waals surface area contributed by atoms with E-state index in [1.54, 1.807) is 0 Å². The van der Waals surface area contributed by atoms with Crippen molar-refractivity contribution < 1.29 is 13.1 Å². The van der Waals surface area contributed by atoms with Crippen LogP contribution in [0.1, 0.15) is 72.9 Å². The summed E-state index contributed by atoms with van der Waals surface area (Å²) < 4.78 is 0. The molecule has 0 fully saturated rings. The summed E-state index contributed by atoms with van der Waals surface area (Å²) in [6.45, 7) is 17.4. The van der Waals surface area contributed by atoms with Gasteiger partial charge in [-0.25, -0.2) is 4.99 Å². The van der Waals surface area contributed by atoms with Crippen molar-refractivity contribution in [3.05, 3.63) is 71.4 Å². The first-order valence-corrected chi connectivity index (χ1v) is 14.4. The summed E-state index contributed by atoms with van der Waals surface area (Å²) in [6, 6.07) is 16.7. The van der Waals surface area contributed by atoms with Crippen LogP contribution in [-0.4, -0.2) is 17.1 Å². The van der Waals surface area contributed by atoms with Crippen LogP contribution < -0.4 is 0 Å². The van der Waals surface area contributed by atoms with E-state index in [0.29, 0.717) is 0 Å². The zero-order valence-electron chi connectivity index (χ0n) is 21.4. The molecule has 3 nitrogen and oxygen atoms in total. The SMILES string of the molecule is CC(=Nc1ccccc1C(C)(C)C)C1=CCC(C(C)=Nc2ccccc2C(C)(C)C)=N1.[Cl][Fe][Cl]. The summed E-state index contributed by atoms with van der Waals surface area (Å²) in [5.41, 5.74) is 8.48. The number of hydrogen-bond donors (Lipinski definition) is 0. The first-order valence-electron chi connectivity index (χ1n) is 11.3. The van der Waals surface area contributed by atoms with Crippen molar-refractivity contribution in [1.29, 1.82) is 0 Å². The van der Waals surface area contributed by atoms with E-state index >= 15 is 0 Å². The van der Waals surface area contributed by atoms with Crippen LogP contribution in [0.15, 0.2) is 75.3 Å². The maximum atomic E-state index is 4.94. The Hall–Kier alpha value is -1.71. The van der Waals surface area contributed by atoms with Crippen LogP contribution in [0.25, 0.3) is 0 Å². The second kappa shape index (κ2) is 12.3. The fraction of sp³-hybridized carbons (Fsp3) is 0.393. The molecule has 0 saturated heterocycles. The van der Waals surface area contributed by atoms with E-state index in [1.807, 2.05) is 19.1 Å². The third kappa shape index (κ3) is 7.92. The summed E-state index contributed by atoms with van der Waals surface area (Å²) in [4.78, 5) is 14.8. The Kier molecular flexibility index (Phi) is 10.3. The molecule has 0 bridgehead atoms. The monoisotopic (exact) mass is 539 g/mol. The third-order valence-electron chi connectivity index (χ3n) is 5.53. The zero-order valence-corrected chi connectivity index (χ0v) is 24.0. The van der Waals surface area contributed by atoms with Gasteiger partial charge in [-0.05, 0) is 47.9 Å². The van der Waals surface area contributed by atoms with E-state index in [4.69, 9.17) is 35.2 Å². The predicted octanol–water partition coefficient (Wildman–Crippen LogP) is 9.27. The molecule has 0 amide bonds. The zero-order chi connectivity index (χ0) is 25.5. The first kappa shape index (κ1) is 28.5. The molecule has 2 aromatic carbocycles. The van der Waals surface area contributed by atoms with Crippen LogP contribution in [0.2, 0.25) is 0 Å². The Morgan fingerprint density at radius 2 is 1.18 bits per heavy atom. The standard InChI is InChI=1S/C28H35N3.2ClH.Fe/c1-19(29-25-15-11-9-13-21(25)27(3,4)5)23-17-18-24(31-23)20(2)30-26-16-12-10-14-22(26)28(6,7)8;;;/h9-17H,18H2,1-8H3;2*1H;/q;;;+2/p-2. The first-order chi connectivity index (χ1) is 15.9. The van der Waals surface area contributed by atoms with Gasteiger partial charge in [0.05, 0.1) is 34.2 Å². The second-order valence-corrected chi connectivity index (χ2v) is 12.2. The average molecular weight is 540 g/mol. The maximum absolute atomic E-state index is 4.94. The Morgan fingerprint density at radius 3 is 1.62 bits per heavy atom. The Balaban J connectivity index is 0.00000129. The molecule has 2 aromatic rings. The Morgan fingerprint density at radius 1 is 0.765 bits per heavy atom. The number of halogens is 2. The van der Waals surface area contributed by atoms with Crippen LogP contribution in [0.4, 0.5) is 11.4 Å². The number of benzene rings is 2. The summed E-state index contributed by atoms with van der Waals surface area (Å²) in [5, 5.41) is 0. The number of rotatable bonds is 4. The molecule has 184 valence electrons. The minimum atomic E-state index is 0.0442. The number of nitrogens with zero attached hydrogens (tertiary/aromatic N) is 3. The van der Waals surface area contributed by atoms with Gasteiger partial charge in [0.1, 0.15) is 0 Å². The van der Waals surface area contributed by atoms with Gasteiger partial charge in [-0.3, -0.25) is 9.98 Å². The molecule has 6 heteroatoms. The van der Waals surface area contributed by atoms with Crippen molar-refractivity contribution in [2.24, 2.45) is 15.0 Å². The molecule has 0 aliphatic carbocycles. The van der Waals surface area contributed by atoms with E-state index in [2.05, 4.69) is 90.9 Å². The Bertz CT molecular complexity index is 1120. The fourth-order valence-corrected chi connectivity index (χ4v) is 3.78. The van der Waals surface area contributed by atoms with Crippen molar-refractivity contribution in [1.82, 2.24) is 0 Å². The fourth-order valence-electron chi connectivity index (χ4n) is 3.78. The molecule has 0 saturated carbocycles. The van der Waals surface area contributed by atoms with Crippen molar-refractivity contribution in [3.63, 3.8) is 0 Å². The normalized spacial score (nSPS) is 15.0. The van der Waals surface area contributed by atoms with Crippen molar-refractivity contribution in [2.45, 2.75) is 72.6 Å². The minimum absolute atomic E-state index is 0.0442. The number of para-hydroxylation sites is 2. The predicted molar refractivity (Wildman–Crippen MR) is 148 cm³/mol. The van der Waals surface area contributed by atoms with Crippen LogP contribution >= 0.6 is 20.2 Å². The number of allylic oxidation sites excluding steroid dienone is 2. The molecule has 1 heterocycles. The molecule has 0 atom stereocenters. The molecule has 0 spiro atoms. The van der Waals surface area contributed by atoms with Gasteiger partial charge in [-0.2, -0.15) is 0 Å². The quantitative estimate of drug-likeness (QED) is 0.274. The number of aliphatic imine (C=N–C) groups is 3. The summed E-state index contributed by atoms with van der Waals surface area (Å²) in [5.74, 6) is 0.